The molecule has 1 aliphatic rings. The molecule has 0 bridgehead atoms. The molecule has 0 unspecified atom stereocenters. The first-order chi connectivity index (χ1) is 7.84. The number of nitrogens with zero attached hydrogens (tertiary/aromatic N) is 3. The van der Waals surface area contributed by atoms with E-state index in [0.717, 1.165) is 31.2 Å². The van der Waals surface area contributed by atoms with Crippen molar-refractivity contribution in [2.24, 2.45) is 0 Å². The predicted molar refractivity (Wildman–Crippen MR) is 64.1 cm³/mol. The minimum atomic E-state index is 0.844. The molecule has 1 fully saturated rings. The molecule has 16 heavy (non-hydrogen) atoms. The van der Waals surface area contributed by atoms with Crippen molar-refractivity contribution < 1.29 is 0 Å². The fourth-order valence-corrected chi connectivity index (χ4v) is 2.06. The third kappa shape index (κ3) is 3.54. The first kappa shape index (κ1) is 11.5. The highest BCUT2D eigenvalue weighted by Crippen LogP contribution is 2.05. The van der Waals surface area contributed by atoms with Gasteiger partial charge in [-0.15, -0.1) is 0 Å². The molecule has 1 aromatic rings. The van der Waals surface area contributed by atoms with Gasteiger partial charge in [0, 0.05) is 25.8 Å². The van der Waals surface area contributed by atoms with Crippen molar-refractivity contribution in [2.75, 3.05) is 26.2 Å². The number of aryl methyl sites for hydroxylation is 1. The van der Waals surface area contributed by atoms with E-state index in [0.29, 0.717) is 0 Å². The van der Waals surface area contributed by atoms with Crippen LogP contribution in [0.15, 0.2) is 12.3 Å². The summed E-state index contributed by atoms with van der Waals surface area (Å²) in [5.41, 5.74) is 1.08. The lowest BCUT2D eigenvalue weighted by Gasteiger charge is -2.14. The normalized spacial score (nSPS) is 16.8. The van der Waals surface area contributed by atoms with Gasteiger partial charge in [0.1, 0.15) is 5.82 Å². The number of hydrogen-bond donors (Lipinski definition) is 1. The average Bonchev–Trinajstić information content (AvgIpc) is 2.77. The number of likely N-dealkylation sites (tertiary alicyclic amines) is 1. The van der Waals surface area contributed by atoms with Gasteiger partial charge in [-0.3, -0.25) is 0 Å². The molecular weight excluding hydrogens is 200 g/mol. The Kier molecular flexibility index (Phi) is 4.25. The number of nitrogens with one attached hydrogen (secondary N) is 1. The molecule has 0 atom stereocenters. The molecule has 1 aliphatic heterocycles. The van der Waals surface area contributed by atoms with Crippen LogP contribution in [0.3, 0.4) is 0 Å². The number of rotatable bonds is 5. The van der Waals surface area contributed by atoms with Crippen LogP contribution >= 0.6 is 0 Å². The van der Waals surface area contributed by atoms with Crippen LogP contribution in [0.4, 0.5) is 0 Å². The highest BCUT2D eigenvalue weighted by atomic mass is 15.1. The lowest BCUT2D eigenvalue weighted by Crippen LogP contribution is -2.29. The molecule has 0 amide bonds. The van der Waals surface area contributed by atoms with E-state index in [2.05, 4.69) is 20.2 Å². The number of hydrogen-bond acceptors (Lipinski definition) is 4. The lowest BCUT2D eigenvalue weighted by atomic mass is 10.4. The molecular formula is C12H20N4. The topological polar surface area (TPSA) is 41.1 Å². The van der Waals surface area contributed by atoms with Crippen molar-refractivity contribution in [2.45, 2.75) is 26.3 Å². The minimum Gasteiger partial charge on any atom is -0.310 e. The second-order valence-corrected chi connectivity index (χ2v) is 4.32. The maximum absolute atomic E-state index is 4.36. The first-order valence-electron chi connectivity index (χ1n) is 6.06. The van der Waals surface area contributed by atoms with E-state index in [1.165, 1.54) is 25.9 Å². The van der Waals surface area contributed by atoms with Gasteiger partial charge in [0.25, 0.3) is 0 Å². The van der Waals surface area contributed by atoms with Crippen molar-refractivity contribution in [1.29, 1.82) is 0 Å². The van der Waals surface area contributed by atoms with E-state index in [1.54, 1.807) is 0 Å². The van der Waals surface area contributed by atoms with Crippen LogP contribution in [-0.4, -0.2) is 41.0 Å². The zero-order valence-corrected chi connectivity index (χ0v) is 9.95. The molecule has 0 radical (unpaired) electrons. The Morgan fingerprint density at radius 1 is 1.38 bits per heavy atom. The summed E-state index contributed by atoms with van der Waals surface area (Å²) in [6.45, 7) is 7.51. The summed E-state index contributed by atoms with van der Waals surface area (Å²) in [7, 11) is 0. The average molecular weight is 220 g/mol. The Hall–Kier alpha value is -1.00. The summed E-state index contributed by atoms with van der Waals surface area (Å²) in [4.78, 5) is 11.0. The Morgan fingerprint density at radius 2 is 2.19 bits per heavy atom. The van der Waals surface area contributed by atoms with Crippen LogP contribution in [0, 0.1) is 6.92 Å². The molecule has 0 saturated carbocycles. The molecule has 1 saturated heterocycles. The van der Waals surface area contributed by atoms with Gasteiger partial charge < -0.3 is 10.2 Å². The summed E-state index contributed by atoms with van der Waals surface area (Å²) in [6.07, 6.45) is 4.55. The largest absolute Gasteiger partial charge is 0.310 e. The van der Waals surface area contributed by atoms with E-state index in [-0.39, 0.29) is 0 Å². The molecule has 0 aliphatic carbocycles. The molecule has 1 N–H and O–H groups in total. The van der Waals surface area contributed by atoms with Crippen molar-refractivity contribution >= 4 is 0 Å². The van der Waals surface area contributed by atoms with Gasteiger partial charge in [0.05, 0.1) is 5.69 Å². The van der Waals surface area contributed by atoms with E-state index < -0.39 is 0 Å². The highest BCUT2D eigenvalue weighted by Gasteiger charge is 2.09. The molecule has 0 spiro atoms. The van der Waals surface area contributed by atoms with Gasteiger partial charge in [0.15, 0.2) is 0 Å². The maximum Gasteiger partial charge on any atom is 0.125 e. The molecule has 0 aromatic carbocycles. The van der Waals surface area contributed by atoms with Crippen LogP contribution in [0.2, 0.25) is 0 Å². The lowest BCUT2D eigenvalue weighted by molar-refractivity contribution is 0.335. The number of aromatic nitrogens is 2. The molecule has 1 aromatic heterocycles. The summed E-state index contributed by atoms with van der Waals surface area (Å²) in [5.74, 6) is 0.846. The quantitative estimate of drug-likeness (QED) is 0.751. The molecule has 88 valence electrons. The van der Waals surface area contributed by atoms with Crippen molar-refractivity contribution in [3.63, 3.8) is 0 Å². The fourth-order valence-electron chi connectivity index (χ4n) is 2.06. The zero-order valence-electron chi connectivity index (χ0n) is 9.95. The summed E-state index contributed by atoms with van der Waals surface area (Å²) >= 11 is 0. The van der Waals surface area contributed by atoms with E-state index in [9.17, 15) is 0 Å². The van der Waals surface area contributed by atoms with Crippen molar-refractivity contribution in [3.8, 4) is 0 Å². The maximum atomic E-state index is 4.36. The van der Waals surface area contributed by atoms with Crippen LogP contribution in [0.25, 0.3) is 0 Å². The second kappa shape index (κ2) is 5.92. The van der Waals surface area contributed by atoms with Crippen molar-refractivity contribution in [1.82, 2.24) is 20.2 Å². The van der Waals surface area contributed by atoms with Crippen molar-refractivity contribution in [3.05, 3.63) is 23.8 Å². The summed E-state index contributed by atoms with van der Waals surface area (Å²) in [6, 6.07) is 1.97. The third-order valence-corrected chi connectivity index (χ3v) is 2.94. The Morgan fingerprint density at radius 3 is 2.94 bits per heavy atom. The summed E-state index contributed by atoms with van der Waals surface area (Å²) in [5, 5.41) is 3.42. The second-order valence-electron chi connectivity index (χ2n) is 4.32. The molecule has 4 nitrogen and oxygen atoms in total. The van der Waals surface area contributed by atoms with Gasteiger partial charge in [-0.05, 0) is 38.9 Å². The fraction of sp³-hybridized carbons (Fsp3) is 0.667. The highest BCUT2D eigenvalue weighted by molar-refractivity contribution is 5.00. The molecule has 2 heterocycles. The van der Waals surface area contributed by atoms with Gasteiger partial charge in [0.2, 0.25) is 0 Å². The minimum absolute atomic E-state index is 0.844. The van der Waals surface area contributed by atoms with Gasteiger partial charge in [-0.2, -0.15) is 0 Å². The van der Waals surface area contributed by atoms with Gasteiger partial charge in [-0.25, -0.2) is 9.97 Å². The van der Waals surface area contributed by atoms with Gasteiger partial charge in [-0.1, -0.05) is 0 Å². The van der Waals surface area contributed by atoms with Crippen LogP contribution < -0.4 is 5.32 Å². The van der Waals surface area contributed by atoms with Crippen LogP contribution in [0.5, 0.6) is 0 Å². The smallest absolute Gasteiger partial charge is 0.125 e. The van der Waals surface area contributed by atoms with Crippen LogP contribution in [-0.2, 0) is 6.54 Å². The van der Waals surface area contributed by atoms with Crippen LogP contribution in [0.1, 0.15) is 24.4 Å². The van der Waals surface area contributed by atoms with E-state index in [1.807, 2.05) is 19.2 Å². The predicted octanol–water partition coefficient (Wildman–Crippen LogP) is 0.970. The molecule has 4 heteroatoms. The Bertz CT molecular complexity index is 321. The summed E-state index contributed by atoms with van der Waals surface area (Å²) < 4.78 is 0. The van der Waals surface area contributed by atoms with E-state index >= 15 is 0 Å². The SMILES string of the molecule is Cc1nccc(CNCCN2CCCC2)n1. The van der Waals surface area contributed by atoms with E-state index in [4.69, 9.17) is 0 Å². The first-order valence-corrected chi connectivity index (χ1v) is 6.06. The Balaban J connectivity index is 1.64. The molecule has 2 rings (SSSR count). The Labute approximate surface area is 97.1 Å². The zero-order chi connectivity index (χ0) is 11.2. The third-order valence-electron chi connectivity index (χ3n) is 2.94. The van der Waals surface area contributed by atoms with Gasteiger partial charge >= 0.3 is 0 Å². The monoisotopic (exact) mass is 220 g/mol. The standard InChI is InChI=1S/C12H20N4/c1-11-14-5-4-12(15-11)10-13-6-9-16-7-2-3-8-16/h4-5,13H,2-3,6-10H2,1H3.